The van der Waals surface area contributed by atoms with E-state index in [1.807, 2.05) is 12.1 Å². The van der Waals surface area contributed by atoms with Gasteiger partial charge in [-0.15, -0.1) is 0 Å². The van der Waals surface area contributed by atoms with Crippen LogP contribution in [0.25, 0.3) is 0 Å². The predicted molar refractivity (Wildman–Crippen MR) is 82.2 cm³/mol. The van der Waals surface area contributed by atoms with Gasteiger partial charge in [0.2, 0.25) is 0 Å². The van der Waals surface area contributed by atoms with Crippen molar-refractivity contribution in [1.82, 2.24) is 10.2 Å². The Kier molecular flexibility index (Phi) is 5.17. The molecule has 0 bridgehead atoms. The number of nitrogens with zero attached hydrogens (tertiary/aromatic N) is 1. The van der Waals surface area contributed by atoms with Crippen LogP contribution in [0.5, 0.6) is 0 Å². The van der Waals surface area contributed by atoms with Gasteiger partial charge in [-0.1, -0.05) is 32.0 Å². The smallest absolute Gasteiger partial charge is 0.127 e. The molecule has 0 amide bonds. The maximum Gasteiger partial charge on any atom is 0.127 e. The number of halogens is 1. The monoisotopic (exact) mass is 278 g/mol. The van der Waals surface area contributed by atoms with E-state index in [1.165, 1.54) is 12.8 Å². The first kappa shape index (κ1) is 15.5. The maximum absolute atomic E-state index is 13.9. The van der Waals surface area contributed by atoms with E-state index in [4.69, 9.17) is 0 Å². The summed E-state index contributed by atoms with van der Waals surface area (Å²) in [5, 5.41) is 3.60. The van der Waals surface area contributed by atoms with E-state index in [9.17, 15) is 4.39 Å². The van der Waals surface area contributed by atoms with Crippen molar-refractivity contribution in [1.29, 1.82) is 0 Å². The predicted octanol–water partition coefficient (Wildman–Crippen LogP) is 3.60. The van der Waals surface area contributed by atoms with Crippen LogP contribution in [0.2, 0.25) is 0 Å². The molecule has 1 saturated carbocycles. The van der Waals surface area contributed by atoms with Gasteiger partial charge in [0.1, 0.15) is 5.82 Å². The molecule has 1 fully saturated rings. The Morgan fingerprint density at radius 2 is 1.90 bits per heavy atom. The van der Waals surface area contributed by atoms with Crippen LogP contribution in [-0.2, 0) is 0 Å². The van der Waals surface area contributed by atoms with Crippen LogP contribution in [0.3, 0.4) is 0 Å². The van der Waals surface area contributed by atoms with Gasteiger partial charge in [-0.3, -0.25) is 4.90 Å². The standard InChI is InChI=1S/C17H27FN2/c1-12(2)17(11-19-14-9-10-14)20(4)13(3)15-7-5-6-8-16(15)18/h5-8,12-14,17,19H,9-11H2,1-4H3. The van der Waals surface area contributed by atoms with Gasteiger partial charge in [-0.25, -0.2) is 4.39 Å². The summed E-state index contributed by atoms with van der Waals surface area (Å²) in [6.07, 6.45) is 2.61. The van der Waals surface area contributed by atoms with Crippen molar-refractivity contribution in [2.45, 2.75) is 51.7 Å². The first-order valence-electron chi connectivity index (χ1n) is 7.70. The van der Waals surface area contributed by atoms with E-state index in [-0.39, 0.29) is 11.9 Å². The molecule has 1 N–H and O–H groups in total. The minimum Gasteiger partial charge on any atom is -0.312 e. The number of nitrogens with one attached hydrogen (secondary N) is 1. The second kappa shape index (κ2) is 6.68. The van der Waals surface area contributed by atoms with Crippen LogP contribution in [0.1, 0.15) is 45.2 Å². The fraction of sp³-hybridized carbons (Fsp3) is 0.647. The van der Waals surface area contributed by atoms with Crippen molar-refractivity contribution in [3.05, 3.63) is 35.6 Å². The fourth-order valence-electron chi connectivity index (χ4n) is 2.75. The van der Waals surface area contributed by atoms with Gasteiger partial charge >= 0.3 is 0 Å². The normalized spacial score (nSPS) is 18.6. The zero-order valence-corrected chi connectivity index (χ0v) is 13.1. The summed E-state index contributed by atoms with van der Waals surface area (Å²) in [6.45, 7) is 7.55. The number of benzene rings is 1. The maximum atomic E-state index is 13.9. The van der Waals surface area contributed by atoms with Crippen LogP contribution in [0.4, 0.5) is 4.39 Å². The molecule has 1 aromatic carbocycles. The van der Waals surface area contributed by atoms with E-state index in [0.29, 0.717) is 18.0 Å². The molecule has 2 unspecified atom stereocenters. The van der Waals surface area contributed by atoms with E-state index in [2.05, 4.69) is 38.0 Å². The van der Waals surface area contributed by atoms with E-state index >= 15 is 0 Å². The number of hydrogen-bond acceptors (Lipinski definition) is 2. The first-order chi connectivity index (χ1) is 9.50. The molecule has 0 radical (unpaired) electrons. The van der Waals surface area contributed by atoms with Crippen LogP contribution in [-0.4, -0.2) is 30.6 Å². The van der Waals surface area contributed by atoms with Gasteiger partial charge in [0.25, 0.3) is 0 Å². The topological polar surface area (TPSA) is 15.3 Å². The van der Waals surface area contributed by atoms with Crippen molar-refractivity contribution < 1.29 is 4.39 Å². The minimum atomic E-state index is -0.107. The van der Waals surface area contributed by atoms with Crippen molar-refractivity contribution in [2.24, 2.45) is 5.92 Å². The first-order valence-corrected chi connectivity index (χ1v) is 7.70. The molecule has 0 saturated heterocycles. The Hall–Kier alpha value is -0.930. The Morgan fingerprint density at radius 3 is 2.45 bits per heavy atom. The van der Waals surface area contributed by atoms with E-state index in [0.717, 1.165) is 12.1 Å². The largest absolute Gasteiger partial charge is 0.312 e. The van der Waals surface area contributed by atoms with E-state index in [1.54, 1.807) is 12.1 Å². The van der Waals surface area contributed by atoms with Gasteiger partial charge in [0, 0.05) is 30.2 Å². The molecule has 112 valence electrons. The molecule has 1 aliphatic carbocycles. The highest BCUT2D eigenvalue weighted by atomic mass is 19.1. The quantitative estimate of drug-likeness (QED) is 0.820. The number of rotatable bonds is 7. The molecule has 0 aromatic heterocycles. The lowest BCUT2D eigenvalue weighted by Gasteiger charge is -2.36. The summed E-state index contributed by atoms with van der Waals surface area (Å²) in [7, 11) is 2.11. The van der Waals surface area contributed by atoms with E-state index < -0.39 is 0 Å². The zero-order valence-electron chi connectivity index (χ0n) is 13.1. The lowest BCUT2D eigenvalue weighted by molar-refractivity contribution is 0.139. The molecule has 0 aliphatic heterocycles. The highest BCUT2D eigenvalue weighted by Gasteiger charge is 2.28. The molecule has 2 rings (SSSR count). The molecule has 3 heteroatoms. The third-order valence-corrected chi connectivity index (χ3v) is 4.45. The Bertz CT molecular complexity index is 429. The van der Waals surface area contributed by atoms with Crippen molar-refractivity contribution >= 4 is 0 Å². The van der Waals surface area contributed by atoms with Crippen molar-refractivity contribution in [3.63, 3.8) is 0 Å². The highest BCUT2D eigenvalue weighted by molar-refractivity contribution is 5.20. The number of likely N-dealkylation sites (N-methyl/N-ethyl adjacent to an activating group) is 1. The second-order valence-electron chi connectivity index (χ2n) is 6.36. The molecule has 1 aromatic rings. The lowest BCUT2D eigenvalue weighted by Crippen LogP contribution is -2.45. The Labute approximate surface area is 122 Å². The molecule has 0 spiro atoms. The summed E-state index contributed by atoms with van der Waals surface area (Å²) in [5.41, 5.74) is 0.784. The zero-order chi connectivity index (χ0) is 14.7. The average Bonchev–Trinajstić information content (AvgIpc) is 3.22. The molecule has 20 heavy (non-hydrogen) atoms. The fourth-order valence-corrected chi connectivity index (χ4v) is 2.75. The van der Waals surface area contributed by atoms with Crippen LogP contribution in [0, 0.1) is 11.7 Å². The molecule has 0 heterocycles. The minimum absolute atomic E-state index is 0.0876. The van der Waals surface area contributed by atoms with Gasteiger partial charge in [-0.05, 0) is 38.8 Å². The summed E-state index contributed by atoms with van der Waals surface area (Å²) in [4.78, 5) is 2.30. The summed E-state index contributed by atoms with van der Waals surface area (Å²) in [6, 6.07) is 8.33. The SMILES string of the molecule is CC(C)C(CNC1CC1)N(C)C(C)c1ccccc1F. The third kappa shape index (κ3) is 3.80. The average molecular weight is 278 g/mol. The van der Waals surface area contributed by atoms with Crippen LogP contribution < -0.4 is 5.32 Å². The highest BCUT2D eigenvalue weighted by Crippen LogP contribution is 2.26. The lowest BCUT2D eigenvalue weighted by atomic mass is 9.98. The number of hydrogen-bond donors (Lipinski definition) is 1. The molecular weight excluding hydrogens is 251 g/mol. The van der Waals surface area contributed by atoms with Crippen molar-refractivity contribution in [3.8, 4) is 0 Å². The molecule has 1 aliphatic rings. The second-order valence-corrected chi connectivity index (χ2v) is 6.36. The van der Waals surface area contributed by atoms with Crippen LogP contribution >= 0.6 is 0 Å². The van der Waals surface area contributed by atoms with Gasteiger partial charge in [-0.2, -0.15) is 0 Å². The van der Waals surface area contributed by atoms with Gasteiger partial charge < -0.3 is 5.32 Å². The summed E-state index contributed by atoms with van der Waals surface area (Å²) < 4.78 is 13.9. The van der Waals surface area contributed by atoms with Crippen LogP contribution in [0.15, 0.2) is 24.3 Å². The Morgan fingerprint density at radius 1 is 1.25 bits per heavy atom. The van der Waals surface area contributed by atoms with Gasteiger partial charge in [0.05, 0.1) is 0 Å². The molecule has 2 nitrogen and oxygen atoms in total. The van der Waals surface area contributed by atoms with Gasteiger partial charge in [0.15, 0.2) is 0 Å². The third-order valence-electron chi connectivity index (χ3n) is 4.45. The summed E-state index contributed by atoms with van der Waals surface area (Å²) >= 11 is 0. The summed E-state index contributed by atoms with van der Waals surface area (Å²) in [5.74, 6) is 0.435. The Balaban J connectivity index is 2.05. The molecule has 2 atom stereocenters. The van der Waals surface area contributed by atoms with Crippen molar-refractivity contribution in [2.75, 3.05) is 13.6 Å². The molecular formula is C17H27FN2.